The molecule has 0 saturated carbocycles. The molecule has 18 heavy (non-hydrogen) atoms. The summed E-state index contributed by atoms with van der Waals surface area (Å²) >= 11 is 1.10. The van der Waals surface area contributed by atoms with Crippen LogP contribution in [0.5, 0.6) is 0 Å². The maximum absolute atomic E-state index is 13.0. The molecule has 0 unspecified atom stereocenters. The van der Waals surface area contributed by atoms with Gasteiger partial charge in [0.1, 0.15) is 23.5 Å². The Morgan fingerprint density at radius 3 is 2.44 bits per heavy atom. The number of nitrogen functional groups attached to an aromatic ring is 2. The first-order valence-electron chi connectivity index (χ1n) is 4.86. The molecule has 5 nitrogen and oxygen atoms in total. The second-order valence-corrected chi connectivity index (χ2v) is 4.36. The normalized spacial score (nSPS) is 10.0. The van der Waals surface area contributed by atoms with E-state index in [9.17, 15) is 4.39 Å². The number of benzene rings is 1. The van der Waals surface area contributed by atoms with Gasteiger partial charge in [0.2, 0.25) is 0 Å². The van der Waals surface area contributed by atoms with Crippen LogP contribution in [0.4, 0.5) is 16.0 Å². The van der Waals surface area contributed by atoms with E-state index in [-0.39, 0.29) is 17.2 Å². The molecule has 2 aromatic rings. The predicted molar refractivity (Wildman–Crippen MR) is 66.1 cm³/mol. The Morgan fingerprint density at radius 1 is 1.17 bits per heavy atom. The van der Waals surface area contributed by atoms with Crippen LogP contribution in [0.2, 0.25) is 0 Å². The van der Waals surface area contributed by atoms with Crippen molar-refractivity contribution in [3.05, 3.63) is 35.6 Å². The number of rotatable bonds is 2. The van der Waals surface area contributed by atoms with E-state index in [4.69, 9.17) is 16.7 Å². The molecule has 0 spiro atoms. The molecule has 0 aliphatic rings. The number of aromatic nitrogens is 2. The summed E-state index contributed by atoms with van der Waals surface area (Å²) in [6, 6.07) is 7.24. The number of hydrogen-bond donors (Lipinski definition) is 2. The quantitative estimate of drug-likeness (QED) is 0.799. The maximum Gasteiger partial charge on any atom is 0.196 e. The summed E-state index contributed by atoms with van der Waals surface area (Å²) in [5, 5.41) is 9.23. The lowest BCUT2D eigenvalue weighted by Crippen LogP contribution is -1.99. The van der Waals surface area contributed by atoms with Crippen molar-refractivity contribution in [2.75, 3.05) is 11.5 Å². The van der Waals surface area contributed by atoms with Crippen molar-refractivity contribution in [1.29, 1.82) is 5.26 Å². The number of halogens is 1. The van der Waals surface area contributed by atoms with Crippen LogP contribution in [-0.4, -0.2) is 9.97 Å². The molecule has 2 rings (SSSR count). The Balaban J connectivity index is 2.37. The zero-order valence-electron chi connectivity index (χ0n) is 9.09. The highest BCUT2D eigenvalue weighted by molar-refractivity contribution is 7.99. The van der Waals surface area contributed by atoms with Gasteiger partial charge in [0.15, 0.2) is 5.16 Å². The Morgan fingerprint density at radius 2 is 1.83 bits per heavy atom. The van der Waals surface area contributed by atoms with E-state index >= 15 is 0 Å². The number of hydrogen-bond acceptors (Lipinski definition) is 6. The lowest BCUT2D eigenvalue weighted by molar-refractivity contribution is 0.626. The van der Waals surface area contributed by atoms with Gasteiger partial charge in [-0.15, -0.1) is 0 Å². The molecule has 1 aromatic carbocycles. The molecule has 1 heterocycles. The van der Waals surface area contributed by atoms with Gasteiger partial charge >= 0.3 is 0 Å². The Kier molecular flexibility index (Phi) is 3.30. The second-order valence-electron chi connectivity index (χ2n) is 3.35. The minimum Gasteiger partial charge on any atom is -0.383 e. The molecule has 1 aromatic heterocycles. The van der Waals surface area contributed by atoms with E-state index in [1.807, 2.05) is 6.07 Å². The lowest BCUT2D eigenvalue weighted by Gasteiger charge is -2.04. The maximum atomic E-state index is 13.0. The molecule has 90 valence electrons. The number of nitrogens with two attached hydrogens (primary N) is 2. The van der Waals surface area contributed by atoms with Crippen molar-refractivity contribution in [2.24, 2.45) is 0 Å². The van der Waals surface area contributed by atoms with E-state index < -0.39 is 5.82 Å². The summed E-state index contributed by atoms with van der Waals surface area (Å²) < 4.78 is 13.0. The van der Waals surface area contributed by atoms with Crippen LogP contribution in [0.3, 0.4) is 0 Å². The number of nitrogens with zero attached hydrogens (tertiary/aromatic N) is 3. The molecular weight excluding hydrogens is 253 g/mol. The first-order chi connectivity index (χ1) is 8.58. The first kappa shape index (κ1) is 12.1. The van der Waals surface area contributed by atoms with E-state index in [1.165, 1.54) is 18.2 Å². The van der Waals surface area contributed by atoms with E-state index in [2.05, 4.69) is 9.97 Å². The van der Waals surface area contributed by atoms with Crippen LogP contribution >= 0.6 is 11.8 Å². The fourth-order valence-corrected chi connectivity index (χ4v) is 2.13. The molecular formula is C11H8FN5S. The topological polar surface area (TPSA) is 102 Å². The van der Waals surface area contributed by atoms with Gasteiger partial charge in [-0.25, -0.2) is 14.4 Å². The van der Waals surface area contributed by atoms with Crippen LogP contribution in [0, 0.1) is 17.1 Å². The van der Waals surface area contributed by atoms with Gasteiger partial charge in [-0.1, -0.05) is 0 Å². The van der Waals surface area contributed by atoms with E-state index in [0.717, 1.165) is 17.8 Å². The Hall–Kier alpha value is -2.33. The van der Waals surface area contributed by atoms with Crippen molar-refractivity contribution < 1.29 is 4.39 Å². The smallest absolute Gasteiger partial charge is 0.196 e. The molecule has 4 N–H and O–H groups in total. The van der Waals surface area contributed by atoms with Gasteiger partial charge in [-0.3, -0.25) is 0 Å². The third-order valence-corrected chi connectivity index (χ3v) is 2.95. The highest BCUT2D eigenvalue weighted by Crippen LogP contribution is 2.29. The van der Waals surface area contributed by atoms with Gasteiger partial charge in [0, 0.05) is 11.0 Å². The van der Waals surface area contributed by atoms with Gasteiger partial charge in [-0.2, -0.15) is 5.26 Å². The first-order valence-corrected chi connectivity index (χ1v) is 5.67. The fraction of sp³-hybridized carbons (Fsp3) is 0. The average molecular weight is 261 g/mol. The number of nitriles is 1. The largest absolute Gasteiger partial charge is 0.383 e. The molecule has 0 aliphatic heterocycles. The molecule has 0 radical (unpaired) electrons. The monoisotopic (exact) mass is 261 g/mol. The summed E-state index contributed by atoms with van der Waals surface area (Å²) in [6.45, 7) is 0. The lowest BCUT2D eigenvalue weighted by atomic mass is 10.2. The van der Waals surface area contributed by atoms with Crippen molar-refractivity contribution in [1.82, 2.24) is 9.97 Å². The predicted octanol–water partition coefficient (Wildman–Crippen LogP) is 1.80. The summed E-state index contributed by atoms with van der Waals surface area (Å²) in [4.78, 5) is 8.49. The SMILES string of the molecule is N#Cc1cc(F)ccc1Sc1nc(N)cc(N)n1. The zero-order chi connectivity index (χ0) is 13.1. The highest BCUT2D eigenvalue weighted by Gasteiger charge is 2.08. The fourth-order valence-electron chi connectivity index (χ4n) is 1.28. The van der Waals surface area contributed by atoms with Crippen molar-refractivity contribution >= 4 is 23.4 Å². The molecule has 0 atom stereocenters. The third kappa shape index (κ3) is 2.67. The third-order valence-electron chi connectivity index (χ3n) is 2.01. The molecule has 7 heteroatoms. The minimum absolute atomic E-state index is 0.213. The van der Waals surface area contributed by atoms with Gasteiger partial charge in [0.05, 0.1) is 5.56 Å². The Bertz CT molecular complexity index is 618. The summed E-state index contributed by atoms with van der Waals surface area (Å²) in [6.07, 6.45) is 0. The molecule has 0 fully saturated rings. The van der Waals surface area contributed by atoms with Crippen LogP contribution in [0.25, 0.3) is 0 Å². The van der Waals surface area contributed by atoms with E-state index in [0.29, 0.717) is 10.1 Å². The van der Waals surface area contributed by atoms with Crippen molar-refractivity contribution in [3.63, 3.8) is 0 Å². The van der Waals surface area contributed by atoms with E-state index in [1.54, 1.807) is 0 Å². The Labute approximate surface area is 107 Å². The highest BCUT2D eigenvalue weighted by atomic mass is 32.2. The van der Waals surface area contributed by atoms with Crippen molar-refractivity contribution in [2.45, 2.75) is 10.1 Å². The van der Waals surface area contributed by atoms with Crippen molar-refractivity contribution in [3.8, 4) is 6.07 Å². The molecule has 0 bridgehead atoms. The summed E-state index contributed by atoms with van der Waals surface area (Å²) in [5.41, 5.74) is 11.3. The van der Waals surface area contributed by atoms with Crippen LogP contribution in [0.1, 0.15) is 5.56 Å². The standard InChI is InChI=1S/C11H8FN5S/c12-7-1-2-8(6(3-7)5-13)18-11-16-9(14)4-10(15)17-11/h1-4H,(H4,14,15,16,17). The molecule has 0 amide bonds. The zero-order valence-corrected chi connectivity index (χ0v) is 9.91. The second kappa shape index (κ2) is 4.89. The number of anilines is 2. The van der Waals surface area contributed by atoms with Gasteiger partial charge in [-0.05, 0) is 30.0 Å². The van der Waals surface area contributed by atoms with Gasteiger partial charge in [0.25, 0.3) is 0 Å². The van der Waals surface area contributed by atoms with Crippen LogP contribution < -0.4 is 11.5 Å². The summed E-state index contributed by atoms with van der Waals surface area (Å²) in [7, 11) is 0. The molecule has 0 saturated heterocycles. The molecule has 0 aliphatic carbocycles. The van der Waals surface area contributed by atoms with Crippen LogP contribution in [0.15, 0.2) is 34.3 Å². The van der Waals surface area contributed by atoms with Crippen LogP contribution in [-0.2, 0) is 0 Å². The summed E-state index contributed by atoms with van der Waals surface area (Å²) in [5.74, 6) is 0.0140. The average Bonchev–Trinajstić information content (AvgIpc) is 2.30. The minimum atomic E-state index is -0.469. The van der Waals surface area contributed by atoms with Gasteiger partial charge < -0.3 is 11.5 Å².